The predicted octanol–water partition coefficient (Wildman–Crippen LogP) is 4.66. The molecule has 0 atom stereocenters. The third-order valence-electron chi connectivity index (χ3n) is 3.93. The fourth-order valence-corrected chi connectivity index (χ4v) is 3.82. The van der Waals surface area contributed by atoms with Gasteiger partial charge in [0.15, 0.2) is 0 Å². The Balaban J connectivity index is 1.68. The third kappa shape index (κ3) is 2.95. The van der Waals surface area contributed by atoms with Crippen molar-refractivity contribution in [3.63, 3.8) is 0 Å². The quantitative estimate of drug-likeness (QED) is 0.534. The summed E-state index contributed by atoms with van der Waals surface area (Å²) >= 11 is 1.28. The minimum absolute atomic E-state index is 0.265. The van der Waals surface area contributed by atoms with Crippen molar-refractivity contribution < 1.29 is 13.9 Å². The highest BCUT2D eigenvalue weighted by molar-refractivity contribution is 7.21. The molecule has 2 aromatic heterocycles. The molecule has 26 heavy (non-hydrogen) atoms. The number of carbonyl (C=O) groups is 1. The maximum Gasteiger partial charge on any atom is 0.345 e. The molecule has 1 N–H and O–H groups in total. The zero-order valence-electron chi connectivity index (χ0n) is 13.9. The zero-order chi connectivity index (χ0) is 18.1. The molecule has 0 aliphatic carbocycles. The Morgan fingerprint density at radius 1 is 1.12 bits per heavy atom. The van der Waals surface area contributed by atoms with Crippen LogP contribution in [0.25, 0.3) is 21.1 Å². The van der Waals surface area contributed by atoms with Crippen LogP contribution in [0.3, 0.4) is 0 Å². The smallest absolute Gasteiger partial charge is 0.345 e. The van der Waals surface area contributed by atoms with Crippen LogP contribution in [0.1, 0.15) is 16.6 Å². The van der Waals surface area contributed by atoms with E-state index in [1.165, 1.54) is 11.3 Å². The van der Waals surface area contributed by atoms with Gasteiger partial charge in [-0.25, -0.2) is 4.79 Å². The van der Waals surface area contributed by atoms with Crippen LogP contribution in [0, 0.1) is 0 Å². The summed E-state index contributed by atoms with van der Waals surface area (Å²) in [4.78, 5) is 25.2. The molecule has 0 aliphatic heterocycles. The SMILES string of the molecule is CCOc1ccc(NC(=O)c2cc3c(=O)oc4ccccc4c3s2)cc1. The van der Waals surface area contributed by atoms with E-state index in [0.29, 0.717) is 28.1 Å². The Morgan fingerprint density at radius 3 is 2.65 bits per heavy atom. The fourth-order valence-electron chi connectivity index (χ4n) is 2.75. The molecule has 6 heteroatoms. The maximum absolute atomic E-state index is 12.6. The molecule has 0 radical (unpaired) electrons. The highest BCUT2D eigenvalue weighted by Gasteiger charge is 2.16. The van der Waals surface area contributed by atoms with Crippen LogP contribution in [0.5, 0.6) is 5.75 Å². The summed E-state index contributed by atoms with van der Waals surface area (Å²) in [5.74, 6) is 0.482. The lowest BCUT2D eigenvalue weighted by atomic mass is 10.2. The molecular formula is C20H15NO4S. The van der Waals surface area contributed by atoms with E-state index in [9.17, 15) is 9.59 Å². The molecule has 0 saturated heterocycles. The Morgan fingerprint density at radius 2 is 1.88 bits per heavy atom. The Hall–Kier alpha value is -3.12. The molecule has 130 valence electrons. The highest BCUT2D eigenvalue weighted by atomic mass is 32.1. The van der Waals surface area contributed by atoms with Crippen LogP contribution in [0.4, 0.5) is 5.69 Å². The minimum Gasteiger partial charge on any atom is -0.494 e. The largest absolute Gasteiger partial charge is 0.494 e. The second-order valence-electron chi connectivity index (χ2n) is 5.65. The molecule has 2 heterocycles. The maximum atomic E-state index is 12.6. The lowest BCUT2D eigenvalue weighted by molar-refractivity contribution is 0.103. The van der Waals surface area contributed by atoms with Crippen molar-refractivity contribution in [1.82, 2.24) is 0 Å². The molecule has 0 aliphatic rings. The number of thiophene rings is 1. The van der Waals surface area contributed by atoms with Gasteiger partial charge in [-0.1, -0.05) is 12.1 Å². The first-order chi connectivity index (χ1) is 12.7. The molecule has 0 unspecified atom stereocenters. The Kier molecular flexibility index (Phi) is 4.18. The number of nitrogens with one attached hydrogen (secondary N) is 1. The molecule has 0 fully saturated rings. The number of hydrogen-bond acceptors (Lipinski definition) is 5. The van der Waals surface area contributed by atoms with Gasteiger partial charge in [-0.15, -0.1) is 11.3 Å². The molecule has 0 spiro atoms. The van der Waals surface area contributed by atoms with Crippen molar-refractivity contribution in [1.29, 1.82) is 0 Å². The van der Waals surface area contributed by atoms with Gasteiger partial charge in [0.05, 0.1) is 21.6 Å². The van der Waals surface area contributed by atoms with Gasteiger partial charge in [0.2, 0.25) is 0 Å². The lowest BCUT2D eigenvalue weighted by Gasteiger charge is -2.06. The first kappa shape index (κ1) is 16.4. The molecule has 1 amide bonds. The highest BCUT2D eigenvalue weighted by Crippen LogP contribution is 2.31. The first-order valence-corrected chi connectivity index (χ1v) is 8.97. The number of ether oxygens (including phenoxy) is 1. The van der Waals surface area contributed by atoms with Gasteiger partial charge < -0.3 is 14.5 Å². The van der Waals surface area contributed by atoms with E-state index >= 15 is 0 Å². The number of anilines is 1. The first-order valence-electron chi connectivity index (χ1n) is 8.15. The van der Waals surface area contributed by atoms with Crippen LogP contribution in [0.15, 0.2) is 63.8 Å². The van der Waals surface area contributed by atoms with Crippen molar-refractivity contribution in [2.75, 3.05) is 11.9 Å². The van der Waals surface area contributed by atoms with Crippen molar-refractivity contribution in [3.05, 3.63) is 69.9 Å². The summed E-state index contributed by atoms with van der Waals surface area (Å²) in [5, 5.41) is 4.09. The number of para-hydroxylation sites is 1. The average molecular weight is 365 g/mol. The topological polar surface area (TPSA) is 68.5 Å². The average Bonchev–Trinajstić information content (AvgIpc) is 3.10. The van der Waals surface area contributed by atoms with Gasteiger partial charge in [0.1, 0.15) is 11.3 Å². The van der Waals surface area contributed by atoms with Crippen molar-refractivity contribution in [2.24, 2.45) is 0 Å². The van der Waals surface area contributed by atoms with Crippen molar-refractivity contribution in [3.8, 4) is 5.75 Å². The standard InChI is InChI=1S/C20H15NO4S/c1-2-24-13-9-7-12(8-10-13)21-19(22)17-11-15-18(26-17)14-5-3-4-6-16(14)25-20(15)23/h3-11H,2H2,1H3,(H,21,22). The van der Waals surface area contributed by atoms with E-state index in [4.69, 9.17) is 9.15 Å². The molecule has 4 rings (SSSR count). The molecule has 5 nitrogen and oxygen atoms in total. The van der Waals surface area contributed by atoms with E-state index in [1.54, 1.807) is 36.4 Å². The normalized spacial score (nSPS) is 11.0. The Labute approximate surface area is 152 Å². The molecule has 4 aromatic rings. The van der Waals surface area contributed by atoms with Gasteiger partial charge in [0.25, 0.3) is 5.91 Å². The lowest BCUT2D eigenvalue weighted by Crippen LogP contribution is -2.10. The van der Waals surface area contributed by atoms with Crippen molar-refractivity contribution >= 4 is 44.0 Å². The number of fused-ring (bicyclic) bond motifs is 3. The van der Waals surface area contributed by atoms with Gasteiger partial charge in [0, 0.05) is 11.1 Å². The monoisotopic (exact) mass is 365 g/mol. The number of rotatable bonds is 4. The van der Waals surface area contributed by atoms with Crippen LogP contribution >= 0.6 is 11.3 Å². The van der Waals surface area contributed by atoms with Crippen LogP contribution in [-0.4, -0.2) is 12.5 Å². The Bertz CT molecular complexity index is 1160. The van der Waals surface area contributed by atoms with Gasteiger partial charge in [-0.2, -0.15) is 0 Å². The second kappa shape index (κ2) is 6.65. The minimum atomic E-state index is -0.435. The number of amides is 1. The molecule has 0 bridgehead atoms. The summed E-state index contributed by atoms with van der Waals surface area (Å²) < 4.78 is 11.5. The summed E-state index contributed by atoms with van der Waals surface area (Å²) in [7, 11) is 0. The molecule has 2 aromatic carbocycles. The number of benzene rings is 2. The van der Waals surface area contributed by atoms with E-state index < -0.39 is 5.63 Å². The summed E-state index contributed by atoms with van der Waals surface area (Å²) in [6, 6.07) is 16.0. The summed E-state index contributed by atoms with van der Waals surface area (Å²) in [6.45, 7) is 2.50. The van der Waals surface area contributed by atoms with Crippen LogP contribution in [-0.2, 0) is 0 Å². The second-order valence-corrected chi connectivity index (χ2v) is 6.70. The summed E-state index contributed by atoms with van der Waals surface area (Å²) in [6.07, 6.45) is 0. The zero-order valence-corrected chi connectivity index (χ0v) is 14.8. The van der Waals surface area contributed by atoms with E-state index in [0.717, 1.165) is 15.8 Å². The van der Waals surface area contributed by atoms with E-state index in [2.05, 4.69) is 5.32 Å². The third-order valence-corrected chi connectivity index (χ3v) is 5.10. The number of carbonyl (C=O) groups excluding carboxylic acids is 1. The molecule has 0 saturated carbocycles. The van der Waals surface area contributed by atoms with Crippen LogP contribution < -0.4 is 15.7 Å². The summed E-state index contributed by atoms with van der Waals surface area (Å²) in [5.41, 5.74) is 0.744. The van der Waals surface area contributed by atoms with Gasteiger partial charge >= 0.3 is 5.63 Å². The van der Waals surface area contributed by atoms with E-state index in [-0.39, 0.29) is 5.91 Å². The predicted molar refractivity (Wildman–Crippen MR) is 103 cm³/mol. The van der Waals surface area contributed by atoms with E-state index in [1.807, 2.05) is 25.1 Å². The number of hydrogen-bond donors (Lipinski definition) is 1. The van der Waals surface area contributed by atoms with Gasteiger partial charge in [-0.05, 0) is 49.4 Å². The van der Waals surface area contributed by atoms with Crippen molar-refractivity contribution in [2.45, 2.75) is 6.92 Å². The van der Waals surface area contributed by atoms with Crippen LogP contribution in [0.2, 0.25) is 0 Å². The molecular weight excluding hydrogens is 350 g/mol. The van der Waals surface area contributed by atoms with Gasteiger partial charge in [-0.3, -0.25) is 4.79 Å². The fraction of sp³-hybridized carbons (Fsp3) is 0.100.